The van der Waals surface area contributed by atoms with Crippen molar-refractivity contribution in [1.82, 2.24) is 4.90 Å². The average molecular weight is 382 g/mol. The number of fused-ring (bicyclic) bond motifs is 1. The molecule has 0 aromatic heterocycles. The molecule has 5 nitrogen and oxygen atoms in total. The number of hydrogen-bond acceptors (Lipinski definition) is 5. The number of imide groups is 1. The second-order valence-corrected chi connectivity index (χ2v) is 9.29. The summed E-state index contributed by atoms with van der Waals surface area (Å²) in [7, 11) is 0. The van der Waals surface area contributed by atoms with Gasteiger partial charge in [0.2, 0.25) is 11.8 Å². The first-order valence-electron chi connectivity index (χ1n) is 10.2. The minimum atomic E-state index is -0.312. The van der Waals surface area contributed by atoms with Crippen molar-refractivity contribution < 1.29 is 19.1 Å². The van der Waals surface area contributed by atoms with E-state index in [1.807, 2.05) is 6.92 Å². The molecular weight excluding hydrogens is 350 g/mol. The number of ether oxygens (including phenoxy) is 1. The maximum Gasteiger partial charge on any atom is 0.243 e. The summed E-state index contributed by atoms with van der Waals surface area (Å²) < 4.78 is 5.91. The Morgan fingerprint density at radius 2 is 1.69 bits per heavy atom. The van der Waals surface area contributed by atoms with Gasteiger partial charge in [0.15, 0.2) is 5.78 Å². The number of rotatable bonds is 7. The van der Waals surface area contributed by atoms with E-state index in [9.17, 15) is 14.4 Å². The van der Waals surface area contributed by atoms with E-state index in [0.717, 1.165) is 10.7 Å². The average Bonchev–Trinajstić information content (AvgIpc) is 3.24. The Morgan fingerprint density at radius 3 is 2.31 bits per heavy atom. The van der Waals surface area contributed by atoms with Gasteiger partial charge in [0, 0.05) is 6.42 Å². The standard InChI is InChI=1S/C20H31NO4S/c1-2-26-17-11-18(23)21(20(17)24)12-14(22)13-25-19-15-9-7-5-3-4-6-8-10-16(15)19/h15-17,19H,2-13H2,1H3. The van der Waals surface area contributed by atoms with Crippen LogP contribution >= 0.6 is 11.8 Å². The van der Waals surface area contributed by atoms with Crippen LogP contribution in [0.3, 0.4) is 0 Å². The van der Waals surface area contributed by atoms with Crippen molar-refractivity contribution in [2.75, 3.05) is 18.9 Å². The lowest BCUT2D eigenvalue weighted by atomic mass is 10.0. The van der Waals surface area contributed by atoms with Gasteiger partial charge in [-0.1, -0.05) is 45.4 Å². The summed E-state index contributed by atoms with van der Waals surface area (Å²) in [6.45, 7) is 1.87. The lowest BCUT2D eigenvalue weighted by molar-refractivity contribution is -0.142. The topological polar surface area (TPSA) is 63.7 Å². The molecule has 0 N–H and O–H groups in total. The predicted octanol–water partition coefficient (Wildman–Crippen LogP) is 3.20. The number of thioether (sulfide) groups is 1. The van der Waals surface area contributed by atoms with Crippen LogP contribution in [0.25, 0.3) is 0 Å². The van der Waals surface area contributed by atoms with Crippen molar-refractivity contribution in [3.63, 3.8) is 0 Å². The van der Waals surface area contributed by atoms with Crippen molar-refractivity contribution in [3.05, 3.63) is 0 Å². The van der Waals surface area contributed by atoms with E-state index < -0.39 is 0 Å². The highest BCUT2D eigenvalue weighted by molar-refractivity contribution is 8.00. The molecule has 1 saturated heterocycles. The highest BCUT2D eigenvalue weighted by atomic mass is 32.2. The van der Waals surface area contributed by atoms with Gasteiger partial charge in [0.25, 0.3) is 0 Å². The van der Waals surface area contributed by atoms with E-state index in [4.69, 9.17) is 4.74 Å². The fourth-order valence-corrected chi connectivity index (χ4v) is 5.37. The quantitative estimate of drug-likeness (QED) is 0.634. The molecule has 3 rings (SSSR count). The second-order valence-electron chi connectivity index (χ2n) is 7.81. The van der Waals surface area contributed by atoms with Crippen molar-refractivity contribution in [1.29, 1.82) is 0 Å². The Hall–Kier alpha value is -0.880. The third-order valence-electron chi connectivity index (χ3n) is 5.92. The Balaban J connectivity index is 1.43. The van der Waals surface area contributed by atoms with E-state index >= 15 is 0 Å². The summed E-state index contributed by atoms with van der Waals surface area (Å²) in [4.78, 5) is 37.6. The van der Waals surface area contributed by atoms with Crippen LogP contribution in [0.4, 0.5) is 0 Å². The van der Waals surface area contributed by atoms with Gasteiger partial charge in [-0.3, -0.25) is 19.3 Å². The number of hydrogen-bond donors (Lipinski definition) is 0. The van der Waals surface area contributed by atoms with Gasteiger partial charge < -0.3 is 4.74 Å². The van der Waals surface area contributed by atoms with Crippen LogP contribution in [0.2, 0.25) is 0 Å². The summed E-state index contributed by atoms with van der Waals surface area (Å²) >= 11 is 1.48. The predicted molar refractivity (Wildman–Crippen MR) is 102 cm³/mol. The Morgan fingerprint density at radius 1 is 1.08 bits per heavy atom. The van der Waals surface area contributed by atoms with Crippen LogP contribution in [-0.4, -0.2) is 52.8 Å². The second kappa shape index (κ2) is 9.36. The van der Waals surface area contributed by atoms with E-state index in [1.165, 1.54) is 63.1 Å². The van der Waals surface area contributed by atoms with Crippen molar-refractivity contribution in [2.24, 2.45) is 11.8 Å². The van der Waals surface area contributed by atoms with Gasteiger partial charge in [0.05, 0.1) is 17.9 Å². The minimum absolute atomic E-state index is 0.0281. The lowest BCUT2D eigenvalue weighted by Crippen LogP contribution is -2.37. The largest absolute Gasteiger partial charge is 0.370 e. The molecule has 3 fully saturated rings. The number of amides is 2. The highest BCUT2D eigenvalue weighted by Crippen LogP contribution is 2.49. The Bertz CT molecular complexity index is 522. The molecule has 1 heterocycles. The first-order chi connectivity index (χ1) is 12.6. The summed E-state index contributed by atoms with van der Waals surface area (Å²) in [5.74, 6) is 1.41. The van der Waals surface area contributed by atoms with Crippen LogP contribution < -0.4 is 0 Å². The molecule has 146 valence electrons. The molecular formula is C20H31NO4S. The fourth-order valence-electron chi connectivity index (χ4n) is 4.44. The number of nitrogens with zero attached hydrogens (tertiary/aromatic N) is 1. The molecule has 2 amide bonds. The smallest absolute Gasteiger partial charge is 0.243 e. The third kappa shape index (κ3) is 4.89. The molecule has 1 aliphatic heterocycles. The van der Waals surface area contributed by atoms with Crippen molar-refractivity contribution >= 4 is 29.4 Å². The van der Waals surface area contributed by atoms with E-state index in [1.54, 1.807) is 0 Å². The highest BCUT2D eigenvalue weighted by Gasteiger charge is 2.50. The molecule has 0 aromatic rings. The first-order valence-corrected chi connectivity index (χ1v) is 11.3. The van der Waals surface area contributed by atoms with Gasteiger partial charge in [-0.25, -0.2) is 0 Å². The van der Waals surface area contributed by atoms with E-state index in [0.29, 0.717) is 11.8 Å². The first kappa shape index (κ1) is 19.9. The van der Waals surface area contributed by atoms with Crippen molar-refractivity contribution in [2.45, 2.75) is 76.1 Å². The normalized spacial score (nSPS) is 32.4. The summed E-state index contributed by atoms with van der Waals surface area (Å²) in [5.41, 5.74) is 0. The minimum Gasteiger partial charge on any atom is -0.370 e. The fraction of sp³-hybridized carbons (Fsp3) is 0.850. The SMILES string of the molecule is CCSC1CC(=O)N(CC(=O)COC2C3CCCCCCCCC32)C1=O. The molecule has 3 aliphatic rings. The van der Waals surface area contributed by atoms with Crippen LogP contribution in [0.1, 0.15) is 64.7 Å². The van der Waals surface area contributed by atoms with Crippen molar-refractivity contribution in [3.8, 4) is 0 Å². The summed E-state index contributed by atoms with van der Waals surface area (Å²) in [6.07, 6.45) is 10.7. The zero-order valence-electron chi connectivity index (χ0n) is 15.8. The third-order valence-corrected chi connectivity index (χ3v) is 7.02. The molecule has 26 heavy (non-hydrogen) atoms. The van der Waals surface area contributed by atoms with E-state index in [2.05, 4.69) is 0 Å². The molecule has 2 saturated carbocycles. The monoisotopic (exact) mass is 381 g/mol. The van der Waals surface area contributed by atoms with Gasteiger partial charge >= 0.3 is 0 Å². The van der Waals surface area contributed by atoms with Gasteiger partial charge in [-0.05, 0) is 30.4 Å². The van der Waals surface area contributed by atoms with Crippen LogP contribution in [0, 0.1) is 11.8 Å². The lowest BCUT2D eigenvalue weighted by Gasteiger charge is -2.14. The molecule has 0 radical (unpaired) electrons. The zero-order chi connectivity index (χ0) is 18.5. The molecule has 0 spiro atoms. The van der Waals surface area contributed by atoms with Gasteiger partial charge in [-0.15, -0.1) is 11.8 Å². The summed E-state index contributed by atoms with van der Waals surface area (Å²) in [6, 6.07) is 0. The van der Waals surface area contributed by atoms with Gasteiger partial charge in [0.1, 0.15) is 6.61 Å². The molecule has 3 unspecified atom stereocenters. The maximum absolute atomic E-state index is 12.3. The molecule has 3 atom stereocenters. The number of Topliss-reactive ketones (excluding diaryl/α,β-unsaturated/α-hetero) is 1. The molecule has 2 aliphatic carbocycles. The maximum atomic E-state index is 12.3. The Labute approximate surface area is 160 Å². The molecule has 6 heteroatoms. The molecule has 0 aromatic carbocycles. The zero-order valence-corrected chi connectivity index (χ0v) is 16.6. The number of ketones is 1. The molecule has 0 bridgehead atoms. The summed E-state index contributed by atoms with van der Waals surface area (Å²) in [5, 5.41) is -0.312. The Kier molecular flexibility index (Phi) is 7.15. The van der Waals surface area contributed by atoms with Crippen LogP contribution in [-0.2, 0) is 19.1 Å². The number of carbonyl (C=O) groups is 3. The number of carbonyl (C=O) groups excluding carboxylic acids is 3. The van der Waals surface area contributed by atoms with E-state index in [-0.39, 0.29) is 48.5 Å². The van der Waals surface area contributed by atoms with Gasteiger partial charge in [-0.2, -0.15) is 0 Å². The number of likely N-dealkylation sites (tertiary alicyclic amines) is 1. The van der Waals surface area contributed by atoms with Crippen LogP contribution in [0.5, 0.6) is 0 Å². The van der Waals surface area contributed by atoms with Crippen LogP contribution in [0.15, 0.2) is 0 Å².